The molecule has 4 rings (SSSR count). The Kier molecular flexibility index (Phi) is 6.97. The standard InChI is InChI=1S/C25H36N6O4/c1-14-19(15(2)32)9-8-17(27-14)11-26-23(34)21-10-18(33)12-30(21)24(35)22(25(3,4)5)31-13-20(28-29-31)16-6-7-16/h8-9,13,15-16,18,21-22,32-33H,6-7,10-12H2,1-5H3,(H,26,34)/t15?,18?,21?,22-/m1/s1. The number of aromatic nitrogens is 4. The lowest BCUT2D eigenvalue weighted by atomic mass is 9.85. The zero-order valence-electron chi connectivity index (χ0n) is 21.1. The van der Waals surface area contributed by atoms with Crippen molar-refractivity contribution in [1.82, 2.24) is 30.2 Å². The highest BCUT2D eigenvalue weighted by Gasteiger charge is 2.45. The second kappa shape index (κ2) is 9.66. The number of hydrogen-bond donors (Lipinski definition) is 3. The summed E-state index contributed by atoms with van der Waals surface area (Å²) in [6.07, 6.45) is 2.79. The maximum Gasteiger partial charge on any atom is 0.248 e. The number of carbonyl (C=O) groups is 2. The molecule has 3 heterocycles. The van der Waals surface area contributed by atoms with E-state index in [1.54, 1.807) is 23.7 Å². The summed E-state index contributed by atoms with van der Waals surface area (Å²) in [6.45, 7) is 9.65. The van der Waals surface area contributed by atoms with Crippen LogP contribution >= 0.6 is 0 Å². The topological polar surface area (TPSA) is 133 Å². The average Bonchev–Trinajstić information content (AvgIpc) is 3.38. The van der Waals surface area contributed by atoms with Gasteiger partial charge in [0.25, 0.3) is 0 Å². The van der Waals surface area contributed by atoms with Gasteiger partial charge in [0.05, 0.1) is 30.1 Å². The number of β-amino-alcohol motifs (C(OH)–C–C–N with tert-alkyl or cyclic N) is 1. The first kappa shape index (κ1) is 25.2. The van der Waals surface area contributed by atoms with E-state index in [2.05, 4.69) is 20.6 Å². The highest BCUT2D eigenvalue weighted by molar-refractivity contribution is 5.90. The fourth-order valence-electron chi connectivity index (χ4n) is 4.79. The number of hydrogen-bond acceptors (Lipinski definition) is 7. The molecule has 4 atom stereocenters. The first-order chi connectivity index (χ1) is 16.5. The van der Waals surface area contributed by atoms with Crippen molar-refractivity contribution in [3.63, 3.8) is 0 Å². The number of nitrogens with one attached hydrogen (secondary N) is 1. The molecule has 3 unspecified atom stereocenters. The average molecular weight is 485 g/mol. The van der Waals surface area contributed by atoms with Gasteiger partial charge in [-0.3, -0.25) is 14.6 Å². The molecule has 10 heteroatoms. The van der Waals surface area contributed by atoms with Crippen LogP contribution in [-0.2, 0) is 16.1 Å². The van der Waals surface area contributed by atoms with Gasteiger partial charge in [0.2, 0.25) is 11.8 Å². The van der Waals surface area contributed by atoms with Gasteiger partial charge in [-0.2, -0.15) is 0 Å². The van der Waals surface area contributed by atoms with E-state index in [0.717, 1.165) is 24.1 Å². The minimum Gasteiger partial charge on any atom is -0.391 e. The molecule has 0 bridgehead atoms. The number of rotatable bonds is 7. The van der Waals surface area contributed by atoms with E-state index in [1.807, 2.05) is 33.9 Å². The van der Waals surface area contributed by atoms with Crippen LogP contribution in [0.1, 0.15) is 87.7 Å². The largest absolute Gasteiger partial charge is 0.391 e. The number of pyridine rings is 1. The number of aliphatic hydroxyl groups excluding tert-OH is 2. The number of nitrogens with zero attached hydrogens (tertiary/aromatic N) is 5. The molecule has 2 amide bonds. The van der Waals surface area contributed by atoms with Crippen LogP contribution in [0, 0.1) is 12.3 Å². The molecule has 2 aromatic rings. The van der Waals surface area contributed by atoms with Gasteiger partial charge < -0.3 is 20.4 Å². The summed E-state index contributed by atoms with van der Waals surface area (Å²) in [5.41, 5.74) is 2.51. The number of carbonyl (C=O) groups excluding carboxylic acids is 2. The van der Waals surface area contributed by atoms with Gasteiger partial charge in [0, 0.05) is 36.3 Å². The molecule has 3 N–H and O–H groups in total. The summed E-state index contributed by atoms with van der Waals surface area (Å²) in [4.78, 5) is 32.8. The first-order valence-corrected chi connectivity index (χ1v) is 12.3. The van der Waals surface area contributed by atoms with Crippen molar-refractivity contribution < 1.29 is 19.8 Å². The van der Waals surface area contributed by atoms with Crippen molar-refractivity contribution in [2.75, 3.05) is 6.54 Å². The molecular formula is C25H36N6O4. The summed E-state index contributed by atoms with van der Waals surface area (Å²) in [7, 11) is 0. The second-order valence-corrected chi connectivity index (χ2v) is 10.9. The lowest BCUT2D eigenvalue weighted by Gasteiger charge is -2.34. The molecule has 0 aromatic carbocycles. The maximum absolute atomic E-state index is 13.8. The predicted molar refractivity (Wildman–Crippen MR) is 128 cm³/mol. The number of likely N-dealkylation sites (tertiary alicyclic amines) is 1. The Morgan fingerprint density at radius 3 is 2.57 bits per heavy atom. The fourth-order valence-corrected chi connectivity index (χ4v) is 4.79. The molecule has 1 saturated heterocycles. The Labute approximate surface area is 205 Å². The Bertz CT molecular complexity index is 1090. The zero-order valence-corrected chi connectivity index (χ0v) is 21.1. The summed E-state index contributed by atoms with van der Waals surface area (Å²) in [5, 5.41) is 31.6. The molecule has 1 aliphatic carbocycles. The Balaban J connectivity index is 1.49. The number of amides is 2. The quantitative estimate of drug-likeness (QED) is 0.545. The van der Waals surface area contributed by atoms with E-state index >= 15 is 0 Å². The van der Waals surface area contributed by atoms with Crippen LogP contribution in [0.4, 0.5) is 0 Å². The van der Waals surface area contributed by atoms with E-state index < -0.39 is 29.7 Å². The van der Waals surface area contributed by atoms with E-state index in [9.17, 15) is 19.8 Å². The van der Waals surface area contributed by atoms with E-state index in [4.69, 9.17) is 0 Å². The van der Waals surface area contributed by atoms with Crippen LogP contribution in [0.2, 0.25) is 0 Å². The maximum atomic E-state index is 13.8. The van der Waals surface area contributed by atoms with E-state index in [-0.39, 0.29) is 31.3 Å². The Morgan fingerprint density at radius 1 is 1.26 bits per heavy atom. The molecule has 190 valence electrons. The lowest BCUT2D eigenvalue weighted by Crippen LogP contribution is -2.50. The van der Waals surface area contributed by atoms with Gasteiger partial charge in [0.15, 0.2) is 0 Å². The molecule has 2 aromatic heterocycles. The minimum absolute atomic E-state index is 0.0914. The van der Waals surface area contributed by atoms with E-state index in [0.29, 0.717) is 17.3 Å². The number of aliphatic hydroxyl groups is 2. The lowest BCUT2D eigenvalue weighted by molar-refractivity contribution is -0.144. The van der Waals surface area contributed by atoms with E-state index in [1.165, 1.54) is 4.90 Å². The predicted octanol–water partition coefficient (Wildman–Crippen LogP) is 1.78. The highest BCUT2D eigenvalue weighted by atomic mass is 16.3. The van der Waals surface area contributed by atoms with Crippen LogP contribution in [0.15, 0.2) is 18.3 Å². The van der Waals surface area contributed by atoms with Crippen molar-refractivity contribution in [1.29, 1.82) is 0 Å². The van der Waals surface area contributed by atoms with Gasteiger partial charge in [-0.25, -0.2) is 4.68 Å². The smallest absolute Gasteiger partial charge is 0.248 e. The molecule has 1 aliphatic heterocycles. The molecule has 0 radical (unpaired) electrons. The molecule has 1 saturated carbocycles. The van der Waals surface area contributed by atoms with Gasteiger partial charge in [0.1, 0.15) is 12.1 Å². The zero-order chi connectivity index (χ0) is 25.5. The molecular weight excluding hydrogens is 448 g/mol. The molecule has 10 nitrogen and oxygen atoms in total. The monoisotopic (exact) mass is 484 g/mol. The van der Waals surface area contributed by atoms with Gasteiger partial charge >= 0.3 is 0 Å². The SMILES string of the molecule is Cc1nc(CNC(=O)C2CC(O)CN2C(=O)[C@@H](n2cc(C3CC3)nn2)C(C)(C)C)ccc1C(C)O. The summed E-state index contributed by atoms with van der Waals surface area (Å²) in [6, 6.07) is 2.12. The third kappa shape index (κ3) is 5.54. The normalized spacial score (nSPS) is 22.2. The second-order valence-electron chi connectivity index (χ2n) is 10.9. The summed E-state index contributed by atoms with van der Waals surface area (Å²) < 4.78 is 1.62. The van der Waals surface area contributed by atoms with Crippen molar-refractivity contribution >= 4 is 11.8 Å². The fraction of sp³-hybridized carbons (Fsp3) is 0.640. The third-order valence-corrected chi connectivity index (χ3v) is 6.79. The van der Waals surface area contributed by atoms with Crippen LogP contribution in [0.25, 0.3) is 0 Å². The Hall–Kier alpha value is -2.85. The van der Waals surface area contributed by atoms with Crippen LogP contribution in [0.5, 0.6) is 0 Å². The number of aryl methyl sites for hydroxylation is 1. The van der Waals surface area contributed by atoms with Gasteiger partial charge in [-0.05, 0) is 38.2 Å². The summed E-state index contributed by atoms with van der Waals surface area (Å²) in [5.74, 6) is -0.172. The molecule has 2 fully saturated rings. The van der Waals surface area contributed by atoms with Crippen molar-refractivity contribution in [2.45, 2.75) is 90.6 Å². The first-order valence-electron chi connectivity index (χ1n) is 12.3. The van der Waals surface area contributed by atoms with Crippen LogP contribution < -0.4 is 5.32 Å². The molecule has 0 spiro atoms. The van der Waals surface area contributed by atoms with Crippen molar-refractivity contribution in [3.8, 4) is 0 Å². The van der Waals surface area contributed by atoms with Crippen molar-refractivity contribution in [3.05, 3.63) is 41.0 Å². The third-order valence-electron chi connectivity index (χ3n) is 6.79. The van der Waals surface area contributed by atoms with Gasteiger partial charge in [-0.15, -0.1) is 5.10 Å². The molecule has 35 heavy (non-hydrogen) atoms. The molecule has 2 aliphatic rings. The summed E-state index contributed by atoms with van der Waals surface area (Å²) >= 11 is 0. The van der Waals surface area contributed by atoms with Gasteiger partial charge in [-0.1, -0.05) is 32.1 Å². The highest BCUT2D eigenvalue weighted by Crippen LogP contribution is 2.40. The minimum atomic E-state index is -0.786. The van der Waals surface area contributed by atoms with Crippen LogP contribution in [-0.4, -0.2) is 65.6 Å². The van der Waals surface area contributed by atoms with Crippen molar-refractivity contribution in [2.24, 2.45) is 5.41 Å². The van der Waals surface area contributed by atoms with Crippen LogP contribution in [0.3, 0.4) is 0 Å². The Morgan fingerprint density at radius 2 is 1.97 bits per heavy atom.